The molecule has 0 heterocycles. The van der Waals surface area contributed by atoms with Gasteiger partial charge in [-0.05, 0) is 26.3 Å². The SMILES string of the molecule is Cc1ccc(C2C(C(=O)OC(C)C)C2(Cl)Cl)cc1. The monoisotopic (exact) mass is 286 g/mol. The molecule has 1 aliphatic rings. The Hall–Kier alpha value is -0.730. The Bertz CT molecular complexity index is 451. The van der Waals surface area contributed by atoms with Gasteiger partial charge in [-0.1, -0.05) is 53.0 Å². The largest absolute Gasteiger partial charge is 0.463 e. The summed E-state index contributed by atoms with van der Waals surface area (Å²) in [5.41, 5.74) is 2.15. The molecule has 1 aromatic rings. The van der Waals surface area contributed by atoms with E-state index in [0.29, 0.717) is 0 Å². The molecule has 0 saturated heterocycles. The minimum absolute atomic E-state index is 0.152. The molecular weight excluding hydrogens is 271 g/mol. The number of alkyl halides is 2. The van der Waals surface area contributed by atoms with Crippen molar-refractivity contribution in [3.05, 3.63) is 35.4 Å². The summed E-state index contributed by atoms with van der Waals surface area (Å²) in [6.45, 7) is 5.63. The van der Waals surface area contributed by atoms with Crippen molar-refractivity contribution in [3.63, 3.8) is 0 Å². The summed E-state index contributed by atoms with van der Waals surface area (Å²) in [6.07, 6.45) is -0.152. The van der Waals surface area contributed by atoms with Gasteiger partial charge in [0.05, 0.1) is 6.10 Å². The van der Waals surface area contributed by atoms with Crippen molar-refractivity contribution < 1.29 is 9.53 Å². The minimum atomic E-state index is -1.04. The van der Waals surface area contributed by atoms with Crippen LogP contribution in [0.4, 0.5) is 0 Å². The number of aryl methyl sites for hydroxylation is 1. The standard InChI is InChI=1S/C14H16Cl2O2/c1-8(2)18-13(17)12-11(14(12,15)16)10-6-4-9(3)5-7-10/h4-8,11-12H,1-3H3. The summed E-state index contributed by atoms with van der Waals surface area (Å²) in [5.74, 6) is -0.959. The zero-order valence-electron chi connectivity index (χ0n) is 10.6. The van der Waals surface area contributed by atoms with Crippen molar-refractivity contribution >= 4 is 29.2 Å². The molecule has 2 atom stereocenters. The van der Waals surface area contributed by atoms with E-state index >= 15 is 0 Å². The van der Waals surface area contributed by atoms with E-state index in [0.717, 1.165) is 11.1 Å². The number of benzene rings is 1. The molecular formula is C14H16Cl2O2. The molecule has 2 unspecified atom stereocenters. The van der Waals surface area contributed by atoms with Crippen LogP contribution in [0.2, 0.25) is 0 Å². The zero-order chi connectivity index (χ0) is 13.5. The fraction of sp³-hybridized carbons (Fsp3) is 0.500. The van der Waals surface area contributed by atoms with Crippen molar-refractivity contribution in [2.45, 2.75) is 37.1 Å². The molecule has 1 aliphatic carbocycles. The van der Waals surface area contributed by atoms with Gasteiger partial charge in [0.1, 0.15) is 10.3 Å². The van der Waals surface area contributed by atoms with Gasteiger partial charge < -0.3 is 4.74 Å². The van der Waals surface area contributed by atoms with E-state index in [-0.39, 0.29) is 18.0 Å². The molecule has 4 heteroatoms. The van der Waals surface area contributed by atoms with E-state index in [1.54, 1.807) is 0 Å². The molecule has 0 amide bonds. The zero-order valence-corrected chi connectivity index (χ0v) is 12.1. The van der Waals surface area contributed by atoms with Crippen LogP contribution < -0.4 is 0 Å². The molecule has 18 heavy (non-hydrogen) atoms. The van der Waals surface area contributed by atoms with Crippen LogP contribution in [0.15, 0.2) is 24.3 Å². The van der Waals surface area contributed by atoms with Gasteiger partial charge in [-0.2, -0.15) is 0 Å². The molecule has 0 radical (unpaired) electrons. The highest BCUT2D eigenvalue weighted by atomic mass is 35.5. The molecule has 0 N–H and O–H groups in total. The lowest BCUT2D eigenvalue weighted by Crippen LogP contribution is -2.15. The summed E-state index contributed by atoms with van der Waals surface area (Å²) in [6, 6.07) is 7.90. The van der Waals surface area contributed by atoms with E-state index in [4.69, 9.17) is 27.9 Å². The fourth-order valence-corrected chi connectivity index (χ4v) is 2.92. The van der Waals surface area contributed by atoms with E-state index in [2.05, 4.69) is 0 Å². The Morgan fingerprint density at radius 3 is 2.33 bits per heavy atom. The first-order chi connectivity index (χ1) is 8.34. The summed E-state index contributed by atoms with van der Waals surface area (Å²) in [5, 5.41) is 0. The normalized spacial score (nSPS) is 25.0. The number of carbonyl (C=O) groups excluding carboxylic acids is 1. The average molecular weight is 287 g/mol. The van der Waals surface area contributed by atoms with Gasteiger partial charge in [-0.3, -0.25) is 4.79 Å². The van der Waals surface area contributed by atoms with Crippen LogP contribution in [-0.2, 0) is 9.53 Å². The molecule has 98 valence electrons. The number of esters is 1. The third-order valence-electron chi connectivity index (χ3n) is 3.10. The molecule has 0 bridgehead atoms. The van der Waals surface area contributed by atoms with Crippen molar-refractivity contribution in [1.29, 1.82) is 0 Å². The third-order valence-corrected chi connectivity index (χ3v) is 4.04. The van der Waals surface area contributed by atoms with Gasteiger partial charge in [0.2, 0.25) is 0 Å². The Morgan fingerprint density at radius 1 is 1.28 bits per heavy atom. The number of halogens is 2. The highest BCUT2D eigenvalue weighted by Crippen LogP contribution is 2.65. The van der Waals surface area contributed by atoms with E-state index in [1.165, 1.54) is 0 Å². The Labute approximate surface area is 117 Å². The molecule has 1 saturated carbocycles. The lowest BCUT2D eigenvalue weighted by atomic mass is 10.1. The molecule has 1 aromatic carbocycles. The number of hydrogen-bond donors (Lipinski definition) is 0. The van der Waals surface area contributed by atoms with Gasteiger partial charge in [0.25, 0.3) is 0 Å². The number of ether oxygens (including phenoxy) is 1. The quantitative estimate of drug-likeness (QED) is 0.623. The first-order valence-electron chi connectivity index (χ1n) is 5.99. The molecule has 0 aliphatic heterocycles. The van der Waals surface area contributed by atoms with E-state index < -0.39 is 10.3 Å². The van der Waals surface area contributed by atoms with Gasteiger partial charge in [-0.25, -0.2) is 0 Å². The second-order valence-corrected chi connectivity index (χ2v) is 6.47. The fourth-order valence-electron chi connectivity index (χ4n) is 2.11. The van der Waals surface area contributed by atoms with Crippen molar-refractivity contribution in [3.8, 4) is 0 Å². The van der Waals surface area contributed by atoms with Crippen molar-refractivity contribution in [2.75, 3.05) is 0 Å². The average Bonchev–Trinajstić information content (AvgIpc) is 2.82. The maximum atomic E-state index is 11.9. The summed E-state index contributed by atoms with van der Waals surface area (Å²) < 4.78 is 4.14. The Morgan fingerprint density at radius 2 is 1.83 bits per heavy atom. The Kier molecular flexibility index (Phi) is 3.61. The molecule has 0 spiro atoms. The predicted octanol–water partition coefficient (Wildman–Crippen LogP) is 3.83. The molecule has 2 nitrogen and oxygen atoms in total. The highest BCUT2D eigenvalue weighted by molar-refractivity contribution is 6.53. The van der Waals surface area contributed by atoms with Crippen molar-refractivity contribution in [2.24, 2.45) is 5.92 Å². The first kappa shape index (κ1) is 13.7. The van der Waals surface area contributed by atoms with Gasteiger partial charge in [0, 0.05) is 5.92 Å². The highest BCUT2D eigenvalue weighted by Gasteiger charge is 2.68. The molecule has 1 fully saturated rings. The van der Waals surface area contributed by atoms with Crippen LogP contribution in [0, 0.1) is 12.8 Å². The minimum Gasteiger partial charge on any atom is -0.463 e. The molecule has 2 rings (SSSR count). The van der Waals surface area contributed by atoms with Gasteiger partial charge in [0.15, 0.2) is 0 Å². The summed E-state index contributed by atoms with van der Waals surface area (Å²) >= 11 is 12.4. The van der Waals surface area contributed by atoms with Crippen LogP contribution in [0.1, 0.15) is 30.9 Å². The molecule has 0 aromatic heterocycles. The van der Waals surface area contributed by atoms with E-state index in [1.807, 2.05) is 45.0 Å². The smallest absolute Gasteiger partial charge is 0.313 e. The van der Waals surface area contributed by atoms with Crippen LogP contribution in [-0.4, -0.2) is 16.4 Å². The first-order valence-corrected chi connectivity index (χ1v) is 6.74. The van der Waals surface area contributed by atoms with Crippen LogP contribution in [0.25, 0.3) is 0 Å². The third kappa shape index (κ3) is 2.50. The van der Waals surface area contributed by atoms with Crippen LogP contribution >= 0.6 is 23.2 Å². The summed E-state index contributed by atoms with van der Waals surface area (Å²) in [4.78, 5) is 11.9. The lowest BCUT2D eigenvalue weighted by Gasteiger charge is -2.07. The number of carbonyl (C=O) groups is 1. The van der Waals surface area contributed by atoms with Crippen LogP contribution in [0.5, 0.6) is 0 Å². The van der Waals surface area contributed by atoms with Crippen molar-refractivity contribution in [1.82, 2.24) is 0 Å². The van der Waals surface area contributed by atoms with Gasteiger partial charge in [-0.15, -0.1) is 0 Å². The lowest BCUT2D eigenvalue weighted by molar-refractivity contribution is -0.149. The summed E-state index contributed by atoms with van der Waals surface area (Å²) in [7, 11) is 0. The second-order valence-electron chi connectivity index (χ2n) is 5.03. The number of hydrogen-bond acceptors (Lipinski definition) is 2. The second kappa shape index (κ2) is 4.75. The van der Waals surface area contributed by atoms with Gasteiger partial charge >= 0.3 is 5.97 Å². The van der Waals surface area contributed by atoms with Crippen LogP contribution in [0.3, 0.4) is 0 Å². The Balaban J connectivity index is 2.15. The maximum absolute atomic E-state index is 11.9. The van der Waals surface area contributed by atoms with E-state index in [9.17, 15) is 4.79 Å². The number of rotatable bonds is 3. The predicted molar refractivity (Wildman–Crippen MR) is 73.1 cm³/mol. The topological polar surface area (TPSA) is 26.3 Å². The maximum Gasteiger partial charge on any atom is 0.313 e.